The SMILES string of the molecule is CCNC(=NCCc1ccc(O)c(OC)c1)N1CCC(C)C(n2ccnc2)C1.I. The van der Waals surface area contributed by atoms with E-state index in [1.54, 1.807) is 13.2 Å². The number of nitrogens with zero attached hydrogens (tertiary/aromatic N) is 4. The fraction of sp³-hybridized carbons (Fsp3) is 0.524. The van der Waals surface area contributed by atoms with Crippen molar-refractivity contribution in [2.75, 3.05) is 33.3 Å². The lowest BCUT2D eigenvalue weighted by molar-refractivity contribution is 0.189. The summed E-state index contributed by atoms with van der Waals surface area (Å²) < 4.78 is 7.40. The Morgan fingerprint density at radius 2 is 2.24 bits per heavy atom. The first-order valence-electron chi connectivity index (χ1n) is 9.99. The number of hydrogen-bond acceptors (Lipinski definition) is 4. The zero-order valence-electron chi connectivity index (χ0n) is 17.4. The highest BCUT2D eigenvalue weighted by Gasteiger charge is 2.28. The van der Waals surface area contributed by atoms with E-state index >= 15 is 0 Å². The van der Waals surface area contributed by atoms with Gasteiger partial charge in [0.1, 0.15) is 0 Å². The average molecular weight is 513 g/mol. The second-order valence-electron chi connectivity index (χ2n) is 7.28. The Kier molecular flexibility index (Phi) is 9.06. The van der Waals surface area contributed by atoms with Crippen molar-refractivity contribution in [1.29, 1.82) is 0 Å². The molecule has 8 heteroatoms. The first kappa shape index (κ1) is 23.3. The van der Waals surface area contributed by atoms with E-state index in [1.165, 1.54) is 0 Å². The molecule has 2 aromatic rings. The van der Waals surface area contributed by atoms with Crippen LogP contribution in [0, 0.1) is 5.92 Å². The molecule has 0 bridgehead atoms. The summed E-state index contributed by atoms with van der Waals surface area (Å²) >= 11 is 0. The van der Waals surface area contributed by atoms with Gasteiger partial charge in [0.05, 0.1) is 19.5 Å². The predicted octanol–water partition coefficient (Wildman–Crippen LogP) is 3.31. The number of halogens is 1. The minimum Gasteiger partial charge on any atom is -0.504 e. The number of ether oxygens (including phenoxy) is 1. The lowest BCUT2D eigenvalue weighted by atomic mass is 9.93. The second kappa shape index (κ2) is 11.3. The molecule has 1 aromatic carbocycles. The van der Waals surface area contributed by atoms with E-state index < -0.39 is 0 Å². The van der Waals surface area contributed by atoms with Gasteiger partial charge in [0.15, 0.2) is 17.5 Å². The number of likely N-dealkylation sites (tertiary alicyclic amines) is 1. The van der Waals surface area contributed by atoms with Crippen molar-refractivity contribution < 1.29 is 9.84 Å². The maximum absolute atomic E-state index is 9.74. The summed E-state index contributed by atoms with van der Waals surface area (Å²) in [5.41, 5.74) is 1.10. The summed E-state index contributed by atoms with van der Waals surface area (Å²) in [5.74, 6) is 2.24. The van der Waals surface area contributed by atoms with E-state index in [-0.39, 0.29) is 29.7 Å². The highest BCUT2D eigenvalue weighted by atomic mass is 127. The van der Waals surface area contributed by atoms with Crippen LogP contribution in [0.5, 0.6) is 11.5 Å². The number of nitrogens with one attached hydrogen (secondary N) is 1. The van der Waals surface area contributed by atoms with Crippen LogP contribution in [0.4, 0.5) is 0 Å². The average Bonchev–Trinajstić information content (AvgIpc) is 3.23. The van der Waals surface area contributed by atoms with Gasteiger partial charge in [-0.3, -0.25) is 4.99 Å². The van der Waals surface area contributed by atoms with Gasteiger partial charge in [-0.05, 0) is 43.4 Å². The summed E-state index contributed by atoms with van der Waals surface area (Å²) in [6.07, 6.45) is 7.72. The molecule has 0 radical (unpaired) electrons. The molecule has 2 N–H and O–H groups in total. The zero-order valence-corrected chi connectivity index (χ0v) is 19.7. The highest BCUT2D eigenvalue weighted by molar-refractivity contribution is 14.0. The quantitative estimate of drug-likeness (QED) is 0.352. The highest BCUT2D eigenvalue weighted by Crippen LogP contribution is 2.28. The molecule has 3 rings (SSSR count). The van der Waals surface area contributed by atoms with E-state index in [0.29, 0.717) is 24.3 Å². The number of aliphatic imine (C=N–C) groups is 1. The van der Waals surface area contributed by atoms with Crippen LogP contribution in [0.2, 0.25) is 0 Å². The molecule has 29 heavy (non-hydrogen) atoms. The standard InChI is InChI=1S/C21H31N5O2.HI/c1-4-23-21(24-9-7-17-5-6-19(27)20(13-17)28-3)25-11-8-16(2)18(14-25)26-12-10-22-15-26;/h5-6,10,12-13,15-16,18,27H,4,7-9,11,14H2,1-3H3,(H,23,24);1H. The molecule has 0 saturated carbocycles. The number of piperidine rings is 1. The Balaban J connectivity index is 0.00000300. The van der Waals surface area contributed by atoms with E-state index in [4.69, 9.17) is 9.73 Å². The molecule has 1 aliphatic rings. The number of phenols is 1. The Hall–Kier alpha value is -1.97. The smallest absolute Gasteiger partial charge is 0.193 e. The third-order valence-corrected chi connectivity index (χ3v) is 5.37. The summed E-state index contributed by atoms with van der Waals surface area (Å²) in [4.78, 5) is 11.4. The fourth-order valence-corrected chi connectivity index (χ4v) is 3.69. The molecule has 7 nitrogen and oxygen atoms in total. The fourth-order valence-electron chi connectivity index (χ4n) is 3.69. The second-order valence-corrected chi connectivity index (χ2v) is 7.28. The maximum Gasteiger partial charge on any atom is 0.193 e. The molecule has 1 fully saturated rings. The monoisotopic (exact) mass is 513 g/mol. The minimum atomic E-state index is 0. The van der Waals surface area contributed by atoms with Crippen LogP contribution in [-0.2, 0) is 6.42 Å². The molecule has 1 aliphatic heterocycles. The third-order valence-electron chi connectivity index (χ3n) is 5.37. The Bertz CT molecular complexity index is 781. The van der Waals surface area contributed by atoms with E-state index in [2.05, 4.69) is 33.6 Å². The summed E-state index contributed by atoms with van der Waals surface area (Å²) in [6.45, 7) is 7.86. The molecular formula is C21H32IN5O2. The van der Waals surface area contributed by atoms with Gasteiger partial charge in [-0.25, -0.2) is 4.98 Å². The van der Waals surface area contributed by atoms with Crippen molar-refractivity contribution in [3.8, 4) is 11.5 Å². The van der Waals surface area contributed by atoms with Crippen LogP contribution in [0.25, 0.3) is 0 Å². The van der Waals surface area contributed by atoms with Gasteiger partial charge in [-0.15, -0.1) is 24.0 Å². The predicted molar refractivity (Wildman–Crippen MR) is 126 cm³/mol. The number of guanidine groups is 1. The van der Waals surface area contributed by atoms with Crippen LogP contribution in [-0.4, -0.2) is 58.8 Å². The number of rotatable bonds is 6. The van der Waals surface area contributed by atoms with Gasteiger partial charge in [0.25, 0.3) is 0 Å². The molecule has 160 valence electrons. The number of aromatic hydroxyl groups is 1. The van der Waals surface area contributed by atoms with Crippen LogP contribution >= 0.6 is 24.0 Å². The summed E-state index contributed by atoms with van der Waals surface area (Å²) in [6, 6.07) is 5.86. The van der Waals surface area contributed by atoms with E-state index in [1.807, 2.05) is 30.9 Å². The number of aromatic nitrogens is 2. The minimum absolute atomic E-state index is 0. The number of phenolic OH excluding ortho intramolecular Hbond substituents is 1. The molecule has 1 aromatic heterocycles. The number of imidazole rings is 1. The van der Waals surface area contributed by atoms with Crippen LogP contribution in [0.15, 0.2) is 41.9 Å². The van der Waals surface area contributed by atoms with Gasteiger partial charge >= 0.3 is 0 Å². The van der Waals surface area contributed by atoms with Crippen molar-refractivity contribution >= 4 is 29.9 Å². The molecule has 1 saturated heterocycles. The third kappa shape index (κ3) is 6.01. The molecule has 2 heterocycles. The number of hydrogen-bond donors (Lipinski definition) is 2. The number of benzene rings is 1. The summed E-state index contributed by atoms with van der Waals surface area (Å²) in [7, 11) is 1.56. The zero-order chi connectivity index (χ0) is 19.9. The van der Waals surface area contributed by atoms with Gasteiger partial charge < -0.3 is 24.6 Å². The van der Waals surface area contributed by atoms with Gasteiger partial charge in [-0.2, -0.15) is 0 Å². The van der Waals surface area contributed by atoms with Gasteiger partial charge in [0.2, 0.25) is 0 Å². The first-order valence-corrected chi connectivity index (χ1v) is 9.99. The van der Waals surface area contributed by atoms with Crippen molar-refractivity contribution in [3.05, 3.63) is 42.5 Å². The molecule has 0 spiro atoms. The van der Waals surface area contributed by atoms with Crippen molar-refractivity contribution in [1.82, 2.24) is 19.8 Å². The van der Waals surface area contributed by atoms with Crippen LogP contribution < -0.4 is 10.1 Å². The topological polar surface area (TPSA) is 74.9 Å². The van der Waals surface area contributed by atoms with Crippen molar-refractivity contribution in [2.45, 2.75) is 32.7 Å². The normalized spacial score (nSPS) is 19.6. The van der Waals surface area contributed by atoms with Crippen molar-refractivity contribution in [2.24, 2.45) is 10.9 Å². The maximum atomic E-state index is 9.74. The number of methoxy groups -OCH3 is 1. The molecule has 0 aliphatic carbocycles. The lowest BCUT2D eigenvalue weighted by Gasteiger charge is -2.39. The van der Waals surface area contributed by atoms with Crippen LogP contribution in [0.1, 0.15) is 31.9 Å². The largest absolute Gasteiger partial charge is 0.504 e. The van der Waals surface area contributed by atoms with Crippen LogP contribution in [0.3, 0.4) is 0 Å². The van der Waals surface area contributed by atoms with E-state index in [9.17, 15) is 5.11 Å². The summed E-state index contributed by atoms with van der Waals surface area (Å²) in [5, 5.41) is 13.2. The molecule has 0 amide bonds. The molecule has 2 atom stereocenters. The first-order chi connectivity index (χ1) is 13.6. The Morgan fingerprint density at radius 3 is 2.93 bits per heavy atom. The Labute approximate surface area is 190 Å². The van der Waals surface area contributed by atoms with Gasteiger partial charge in [0, 0.05) is 38.6 Å². The molecular weight excluding hydrogens is 481 g/mol. The molecule has 2 unspecified atom stereocenters. The van der Waals surface area contributed by atoms with Gasteiger partial charge in [-0.1, -0.05) is 13.0 Å². The Morgan fingerprint density at radius 1 is 1.41 bits per heavy atom. The van der Waals surface area contributed by atoms with Crippen molar-refractivity contribution in [3.63, 3.8) is 0 Å². The lowest BCUT2D eigenvalue weighted by Crippen LogP contribution is -2.49. The van der Waals surface area contributed by atoms with E-state index in [0.717, 1.165) is 44.0 Å².